The highest BCUT2D eigenvalue weighted by Gasteiger charge is 2.19. The van der Waals surface area contributed by atoms with Gasteiger partial charge in [-0.25, -0.2) is 0 Å². The van der Waals surface area contributed by atoms with Gasteiger partial charge in [0, 0.05) is 17.8 Å². The molecular formula is C30H20N4O5S. The topological polar surface area (TPSA) is 131 Å². The molecule has 0 unspecified atom stereocenters. The van der Waals surface area contributed by atoms with Crippen LogP contribution in [0.5, 0.6) is 0 Å². The SMILES string of the molecule is Cc1cccc(NC(=O)C(C#N)=c2sc(=Cc3ccc(-c4ccccc4[N+](=O)[O-])o3)c(=O)n2-c2ccccc2)c1. The number of nitro benzene ring substituents is 1. The number of hydrogen-bond acceptors (Lipinski definition) is 7. The molecule has 2 aromatic heterocycles. The molecule has 5 rings (SSSR count). The van der Waals surface area contributed by atoms with Crippen LogP contribution in [0.25, 0.3) is 28.7 Å². The first kappa shape index (κ1) is 26.1. The number of aryl methyl sites for hydroxylation is 1. The third-order valence-corrected chi connectivity index (χ3v) is 7.03. The van der Waals surface area contributed by atoms with Crippen LogP contribution < -0.4 is 20.1 Å². The predicted octanol–water partition coefficient (Wildman–Crippen LogP) is 4.52. The second-order valence-corrected chi connectivity index (χ2v) is 9.71. The van der Waals surface area contributed by atoms with Crippen LogP contribution in [0, 0.1) is 28.4 Å². The van der Waals surface area contributed by atoms with E-state index in [4.69, 9.17) is 4.42 Å². The van der Waals surface area contributed by atoms with Gasteiger partial charge in [0.2, 0.25) is 0 Å². The van der Waals surface area contributed by atoms with Gasteiger partial charge in [0.25, 0.3) is 17.2 Å². The summed E-state index contributed by atoms with van der Waals surface area (Å²) in [7, 11) is 0. The number of nitriles is 1. The molecule has 9 nitrogen and oxygen atoms in total. The molecule has 196 valence electrons. The van der Waals surface area contributed by atoms with Crippen LogP contribution >= 0.6 is 11.3 Å². The van der Waals surface area contributed by atoms with E-state index in [9.17, 15) is 25.0 Å². The summed E-state index contributed by atoms with van der Waals surface area (Å²) < 4.78 is 7.52. The van der Waals surface area contributed by atoms with Gasteiger partial charge in [-0.2, -0.15) is 5.26 Å². The van der Waals surface area contributed by atoms with Crippen LogP contribution in [0.1, 0.15) is 11.3 Å². The number of para-hydroxylation sites is 2. The Morgan fingerprint density at radius 2 is 1.80 bits per heavy atom. The minimum absolute atomic E-state index is 0.110. The van der Waals surface area contributed by atoms with E-state index in [1.807, 2.05) is 19.1 Å². The zero-order chi connectivity index (χ0) is 28.2. The first-order chi connectivity index (χ1) is 19.4. The van der Waals surface area contributed by atoms with E-state index in [2.05, 4.69) is 5.32 Å². The van der Waals surface area contributed by atoms with E-state index in [0.717, 1.165) is 16.9 Å². The molecule has 0 spiro atoms. The summed E-state index contributed by atoms with van der Waals surface area (Å²) >= 11 is 0.970. The highest BCUT2D eigenvalue weighted by Crippen LogP contribution is 2.31. The monoisotopic (exact) mass is 548 g/mol. The molecule has 0 aliphatic heterocycles. The number of furan rings is 1. The number of nitro groups is 1. The molecule has 0 saturated heterocycles. The maximum Gasteiger partial charge on any atom is 0.280 e. The van der Waals surface area contributed by atoms with E-state index in [1.165, 1.54) is 16.7 Å². The lowest BCUT2D eigenvalue weighted by Gasteiger charge is -2.06. The van der Waals surface area contributed by atoms with Crippen molar-refractivity contribution >= 4 is 40.3 Å². The summed E-state index contributed by atoms with van der Waals surface area (Å²) in [5.74, 6) is -0.108. The second-order valence-electron chi connectivity index (χ2n) is 8.68. The number of nitrogens with zero attached hydrogens (tertiary/aromatic N) is 3. The maximum atomic E-state index is 13.6. The number of anilines is 1. The van der Waals surface area contributed by atoms with Gasteiger partial charge < -0.3 is 9.73 Å². The highest BCUT2D eigenvalue weighted by molar-refractivity contribution is 7.07. The van der Waals surface area contributed by atoms with Gasteiger partial charge >= 0.3 is 0 Å². The summed E-state index contributed by atoms with van der Waals surface area (Å²) in [6.07, 6.45) is 1.49. The Morgan fingerprint density at radius 1 is 1.05 bits per heavy atom. The number of benzene rings is 3. The molecule has 1 amide bonds. The van der Waals surface area contributed by atoms with Crippen molar-refractivity contribution in [3.8, 4) is 23.1 Å². The summed E-state index contributed by atoms with van der Waals surface area (Å²) in [6, 6.07) is 27.2. The zero-order valence-electron chi connectivity index (χ0n) is 21.0. The molecule has 2 heterocycles. The summed E-state index contributed by atoms with van der Waals surface area (Å²) in [4.78, 5) is 37.8. The van der Waals surface area contributed by atoms with Crippen LogP contribution in [0.4, 0.5) is 11.4 Å². The van der Waals surface area contributed by atoms with Gasteiger partial charge in [-0.15, -0.1) is 11.3 Å². The van der Waals surface area contributed by atoms with Crippen molar-refractivity contribution in [1.29, 1.82) is 5.26 Å². The number of carbonyl (C=O) groups excluding carboxylic acids is 1. The van der Waals surface area contributed by atoms with Crippen LogP contribution in [-0.4, -0.2) is 15.4 Å². The van der Waals surface area contributed by atoms with Gasteiger partial charge in [0.05, 0.1) is 20.7 Å². The number of amides is 1. The fraction of sp³-hybridized carbons (Fsp3) is 0.0333. The number of rotatable bonds is 6. The Bertz CT molecular complexity index is 1980. The van der Waals surface area contributed by atoms with Crippen molar-refractivity contribution in [3.63, 3.8) is 0 Å². The number of aromatic nitrogens is 1. The summed E-state index contributed by atoms with van der Waals surface area (Å²) in [5.41, 5.74) is 1.44. The fourth-order valence-corrected chi connectivity index (χ4v) is 5.20. The third-order valence-electron chi connectivity index (χ3n) is 5.93. The molecule has 0 bridgehead atoms. The number of nitrogens with one attached hydrogen (secondary N) is 1. The Morgan fingerprint density at radius 3 is 2.52 bits per heavy atom. The highest BCUT2D eigenvalue weighted by atomic mass is 32.1. The molecule has 0 radical (unpaired) electrons. The van der Waals surface area contributed by atoms with Crippen molar-refractivity contribution in [2.24, 2.45) is 0 Å². The minimum Gasteiger partial charge on any atom is -0.456 e. The van der Waals surface area contributed by atoms with Crippen molar-refractivity contribution in [2.75, 3.05) is 5.32 Å². The smallest absolute Gasteiger partial charge is 0.280 e. The quantitative estimate of drug-likeness (QED) is 0.245. The van der Waals surface area contributed by atoms with E-state index in [-0.39, 0.29) is 32.0 Å². The largest absolute Gasteiger partial charge is 0.456 e. The van der Waals surface area contributed by atoms with Crippen molar-refractivity contribution < 1.29 is 14.1 Å². The molecule has 40 heavy (non-hydrogen) atoms. The van der Waals surface area contributed by atoms with E-state index < -0.39 is 16.4 Å². The Kier molecular flexibility index (Phi) is 7.22. The van der Waals surface area contributed by atoms with Crippen molar-refractivity contribution in [2.45, 2.75) is 6.92 Å². The first-order valence-corrected chi connectivity index (χ1v) is 12.8. The Labute approximate surface area is 231 Å². The standard InChI is InChI=1S/C30H20N4O5S/c1-19-8-7-9-20(16-19)32-28(35)24(18-31)30-33(21-10-3-2-4-11-21)29(36)27(40-30)17-22-14-15-26(39-22)23-12-5-6-13-25(23)34(37)38/h2-17H,1H3,(H,32,35). The van der Waals surface area contributed by atoms with Crippen molar-refractivity contribution in [3.05, 3.63) is 132 Å². The predicted molar refractivity (Wildman–Crippen MR) is 152 cm³/mol. The van der Waals surface area contributed by atoms with Crippen LogP contribution in [0.3, 0.4) is 0 Å². The first-order valence-electron chi connectivity index (χ1n) is 12.0. The zero-order valence-corrected chi connectivity index (χ0v) is 21.8. The second kappa shape index (κ2) is 11.1. The van der Waals surface area contributed by atoms with Crippen LogP contribution in [0.2, 0.25) is 0 Å². The van der Waals surface area contributed by atoms with E-state index in [1.54, 1.807) is 78.9 Å². The number of thiazole rings is 1. The minimum atomic E-state index is -0.651. The molecule has 0 saturated carbocycles. The molecule has 3 aromatic carbocycles. The van der Waals surface area contributed by atoms with Gasteiger partial charge in [-0.05, 0) is 55.0 Å². The summed E-state index contributed by atoms with van der Waals surface area (Å²) in [5, 5.41) is 24.2. The van der Waals surface area contributed by atoms with E-state index >= 15 is 0 Å². The average Bonchev–Trinajstić information content (AvgIpc) is 3.54. The molecule has 1 N–H and O–H groups in total. The molecule has 0 fully saturated rings. The van der Waals surface area contributed by atoms with Crippen LogP contribution in [-0.2, 0) is 4.79 Å². The Hall–Kier alpha value is -5.53. The fourth-order valence-electron chi connectivity index (χ4n) is 4.12. The molecule has 0 aliphatic rings. The Balaban J connectivity index is 1.66. The maximum absolute atomic E-state index is 13.6. The molecule has 10 heteroatoms. The molecule has 0 atom stereocenters. The van der Waals surface area contributed by atoms with Gasteiger partial charge in [-0.1, -0.05) is 42.5 Å². The van der Waals surface area contributed by atoms with Gasteiger partial charge in [-0.3, -0.25) is 24.3 Å². The lowest BCUT2D eigenvalue weighted by molar-refractivity contribution is -0.384. The lowest BCUT2D eigenvalue weighted by Crippen LogP contribution is -2.32. The molecule has 5 aromatic rings. The third kappa shape index (κ3) is 5.22. The van der Waals surface area contributed by atoms with Gasteiger partial charge in [0.1, 0.15) is 22.3 Å². The average molecular weight is 549 g/mol. The van der Waals surface area contributed by atoms with E-state index in [0.29, 0.717) is 16.9 Å². The van der Waals surface area contributed by atoms with Crippen LogP contribution in [0.15, 0.2) is 100 Å². The van der Waals surface area contributed by atoms with Crippen molar-refractivity contribution in [1.82, 2.24) is 4.57 Å². The summed E-state index contributed by atoms with van der Waals surface area (Å²) in [6.45, 7) is 1.88. The lowest BCUT2D eigenvalue weighted by atomic mass is 10.1. The van der Waals surface area contributed by atoms with Gasteiger partial charge in [0.15, 0.2) is 5.57 Å². The molecular weight excluding hydrogens is 528 g/mol. The molecule has 0 aliphatic carbocycles. The normalized spacial score (nSPS) is 12.1. The number of carbonyl (C=O) groups is 1. The number of hydrogen-bond donors (Lipinski definition) is 1.